The number of nitrogens with zero attached hydrogens (tertiary/aromatic N) is 5. The van der Waals surface area contributed by atoms with Gasteiger partial charge in [0.25, 0.3) is 5.69 Å². The molecule has 9 heteroatoms. The molecule has 3 rings (SSSR count). The zero-order valence-corrected chi connectivity index (χ0v) is 19.6. The minimum Gasteiger partial charge on any atom is -0.494 e. The van der Waals surface area contributed by atoms with Gasteiger partial charge in [0.15, 0.2) is 0 Å². The first-order chi connectivity index (χ1) is 14.7. The molecule has 0 unspecified atom stereocenters. The van der Waals surface area contributed by atoms with Crippen molar-refractivity contribution in [1.29, 1.82) is 0 Å². The Morgan fingerprint density at radius 2 is 1.87 bits per heavy atom. The standard InChI is InChI=1S/C22H28N5O3P/c1-7-31(25(4)5,24-20-15-19(27(28)29)13-14-21(20)30-6)22-16(2)23-26(17(22)3)18-11-9-8-10-12-18/h8-15H,7H2,1-6H3/t31-/m1/s1. The SMILES string of the molecule is CC[P@](=Nc1cc([N+](=O)[O-])ccc1OC)(c1c(C)nn(-c2ccccc2)c1C)N(C)C. The Kier molecular flexibility index (Phi) is 6.62. The lowest BCUT2D eigenvalue weighted by atomic mass is 10.2. The molecule has 1 aromatic heterocycles. The lowest BCUT2D eigenvalue weighted by Crippen LogP contribution is -2.23. The quantitative estimate of drug-likeness (QED) is 0.291. The number of nitro benzene ring substituents is 1. The molecule has 0 fully saturated rings. The summed E-state index contributed by atoms with van der Waals surface area (Å²) in [6, 6.07) is 14.5. The van der Waals surface area contributed by atoms with Gasteiger partial charge in [-0.1, -0.05) is 25.1 Å². The molecule has 31 heavy (non-hydrogen) atoms. The second-order valence-electron chi connectivity index (χ2n) is 7.37. The Morgan fingerprint density at radius 1 is 1.19 bits per heavy atom. The van der Waals surface area contributed by atoms with E-state index in [-0.39, 0.29) is 5.69 Å². The highest BCUT2D eigenvalue weighted by molar-refractivity contribution is 7.71. The summed E-state index contributed by atoms with van der Waals surface area (Å²) in [5.41, 5.74) is 3.36. The molecule has 0 aliphatic heterocycles. The first-order valence-corrected chi connectivity index (χ1v) is 11.9. The van der Waals surface area contributed by atoms with Crippen molar-refractivity contribution >= 4 is 23.9 Å². The number of aryl methyl sites for hydroxylation is 1. The molecule has 0 saturated heterocycles. The fourth-order valence-corrected chi connectivity index (χ4v) is 7.26. The Morgan fingerprint density at radius 3 is 2.42 bits per heavy atom. The number of methoxy groups -OCH3 is 1. The number of non-ortho nitro benzene ring substituents is 1. The Bertz CT molecular complexity index is 1160. The van der Waals surface area contributed by atoms with E-state index in [2.05, 4.69) is 18.5 Å². The van der Waals surface area contributed by atoms with Crippen molar-refractivity contribution in [3.8, 4) is 11.4 Å². The molecule has 0 aliphatic carbocycles. The van der Waals surface area contributed by atoms with Crippen molar-refractivity contribution in [2.75, 3.05) is 27.4 Å². The fourth-order valence-electron chi connectivity index (χ4n) is 3.87. The van der Waals surface area contributed by atoms with Crippen LogP contribution in [0.1, 0.15) is 18.3 Å². The average molecular weight is 441 g/mol. The number of hydrogen-bond acceptors (Lipinski definition) is 5. The van der Waals surface area contributed by atoms with Crippen molar-refractivity contribution in [1.82, 2.24) is 14.5 Å². The number of para-hydroxylation sites is 1. The molecule has 1 heterocycles. The van der Waals surface area contributed by atoms with E-state index >= 15 is 0 Å². The maximum atomic E-state index is 11.4. The number of aromatic nitrogens is 2. The first kappa shape index (κ1) is 22.7. The van der Waals surface area contributed by atoms with Crippen LogP contribution in [0.25, 0.3) is 5.69 Å². The lowest BCUT2D eigenvalue weighted by molar-refractivity contribution is -0.384. The van der Waals surface area contributed by atoms with Crippen LogP contribution in [0.15, 0.2) is 53.3 Å². The molecule has 0 saturated carbocycles. The van der Waals surface area contributed by atoms with Gasteiger partial charge in [-0.15, -0.1) is 0 Å². The van der Waals surface area contributed by atoms with Crippen molar-refractivity contribution in [3.63, 3.8) is 0 Å². The van der Waals surface area contributed by atoms with E-state index in [1.807, 2.05) is 56.0 Å². The van der Waals surface area contributed by atoms with Crippen LogP contribution < -0.4 is 10.0 Å². The molecule has 1 atom stereocenters. The van der Waals surface area contributed by atoms with Gasteiger partial charge in [-0.3, -0.25) is 14.8 Å². The van der Waals surface area contributed by atoms with E-state index in [9.17, 15) is 10.1 Å². The molecule has 8 nitrogen and oxygen atoms in total. The molecule has 164 valence electrons. The van der Waals surface area contributed by atoms with Crippen molar-refractivity contribution < 1.29 is 9.66 Å². The van der Waals surface area contributed by atoms with E-state index in [1.54, 1.807) is 13.2 Å². The van der Waals surface area contributed by atoms with Gasteiger partial charge in [0.05, 0.1) is 41.6 Å². The Hall–Kier alpha value is -2.96. The summed E-state index contributed by atoms with van der Waals surface area (Å²) in [6.07, 6.45) is 0.744. The largest absolute Gasteiger partial charge is 0.494 e. The van der Waals surface area contributed by atoms with Crippen molar-refractivity contribution in [2.45, 2.75) is 20.8 Å². The van der Waals surface area contributed by atoms with E-state index < -0.39 is 12.1 Å². The van der Waals surface area contributed by atoms with Crippen LogP contribution in [0.4, 0.5) is 11.4 Å². The van der Waals surface area contributed by atoms with Crippen LogP contribution in [0.5, 0.6) is 5.75 Å². The molecule has 3 aromatic rings. The monoisotopic (exact) mass is 441 g/mol. The summed E-state index contributed by atoms with van der Waals surface area (Å²) in [5.74, 6) is 0.510. The van der Waals surface area contributed by atoms with E-state index in [4.69, 9.17) is 14.6 Å². The second-order valence-corrected chi connectivity index (χ2v) is 10.9. The molecular weight excluding hydrogens is 413 g/mol. The number of nitro groups is 1. The van der Waals surface area contributed by atoms with Gasteiger partial charge in [-0.2, -0.15) is 5.10 Å². The highest BCUT2D eigenvalue weighted by Crippen LogP contribution is 2.55. The van der Waals surface area contributed by atoms with Gasteiger partial charge in [0, 0.05) is 12.1 Å². The minimum absolute atomic E-state index is 0.0130. The van der Waals surface area contributed by atoms with Crippen LogP contribution in [-0.2, 0) is 0 Å². The topological polar surface area (TPSA) is 85.8 Å². The van der Waals surface area contributed by atoms with Gasteiger partial charge in [-0.05, 0) is 52.3 Å². The molecule has 0 N–H and O–H groups in total. The predicted octanol–water partition coefficient (Wildman–Crippen LogP) is 5.06. The zero-order chi connectivity index (χ0) is 22.8. The summed E-state index contributed by atoms with van der Waals surface area (Å²) >= 11 is 0. The fraction of sp³-hybridized carbons (Fsp3) is 0.318. The Labute approximate surface area is 182 Å². The van der Waals surface area contributed by atoms with Gasteiger partial charge in [-0.25, -0.2) is 9.43 Å². The second kappa shape index (κ2) is 9.04. The maximum Gasteiger partial charge on any atom is 0.271 e. The maximum absolute atomic E-state index is 11.4. The number of benzene rings is 2. The zero-order valence-electron chi connectivity index (χ0n) is 18.7. The summed E-state index contributed by atoms with van der Waals surface area (Å²) in [6.45, 7) is 6.15. The van der Waals surface area contributed by atoms with Gasteiger partial charge >= 0.3 is 0 Å². The lowest BCUT2D eigenvalue weighted by Gasteiger charge is -2.31. The van der Waals surface area contributed by atoms with Gasteiger partial charge < -0.3 is 4.74 Å². The minimum atomic E-state index is -2.32. The van der Waals surface area contributed by atoms with E-state index in [0.29, 0.717) is 11.4 Å². The van der Waals surface area contributed by atoms with Crippen molar-refractivity contribution in [3.05, 3.63) is 70.0 Å². The van der Waals surface area contributed by atoms with Crippen molar-refractivity contribution in [2.24, 2.45) is 4.74 Å². The van der Waals surface area contributed by atoms with Gasteiger partial charge in [0.1, 0.15) is 11.4 Å². The van der Waals surface area contributed by atoms with E-state index in [0.717, 1.165) is 28.5 Å². The predicted molar refractivity (Wildman–Crippen MR) is 126 cm³/mol. The summed E-state index contributed by atoms with van der Waals surface area (Å²) in [7, 11) is 3.24. The third-order valence-electron chi connectivity index (χ3n) is 5.36. The third-order valence-corrected chi connectivity index (χ3v) is 9.48. The van der Waals surface area contributed by atoms with Crippen LogP contribution in [-0.4, -0.2) is 46.7 Å². The van der Waals surface area contributed by atoms with Crippen LogP contribution in [0.2, 0.25) is 0 Å². The smallest absolute Gasteiger partial charge is 0.271 e. The first-order valence-electron chi connectivity index (χ1n) is 9.99. The molecule has 0 spiro atoms. The molecule has 2 aromatic carbocycles. The summed E-state index contributed by atoms with van der Waals surface area (Å²) < 4.78 is 14.7. The average Bonchev–Trinajstić information content (AvgIpc) is 3.06. The highest BCUT2D eigenvalue weighted by atomic mass is 31.2. The van der Waals surface area contributed by atoms with Crippen LogP contribution >= 0.6 is 7.21 Å². The normalized spacial score (nSPS) is 13.1. The number of ether oxygens (including phenoxy) is 1. The summed E-state index contributed by atoms with van der Waals surface area (Å²) in [4.78, 5) is 11.0. The molecule has 0 radical (unpaired) electrons. The molecular formula is C22H28N5O3P. The molecule has 0 amide bonds. The number of hydrogen-bond donors (Lipinski definition) is 0. The van der Waals surface area contributed by atoms with E-state index in [1.165, 1.54) is 12.1 Å². The van der Waals surface area contributed by atoms with Crippen LogP contribution in [0.3, 0.4) is 0 Å². The third kappa shape index (κ3) is 4.13. The van der Waals surface area contributed by atoms with Crippen LogP contribution in [0, 0.1) is 24.0 Å². The molecule has 0 bridgehead atoms. The number of rotatable bonds is 7. The summed E-state index contributed by atoms with van der Waals surface area (Å²) in [5, 5.41) is 17.3. The highest BCUT2D eigenvalue weighted by Gasteiger charge is 2.31. The molecule has 0 aliphatic rings. The van der Waals surface area contributed by atoms with Gasteiger partial charge in [0.2, 0.25) is 0 Å². The Balaban J connectivity index is 2.33.